The van der Waals surface area contributed by atoms with Crippen molar-refractivity contribution in [2.24, 2.45) is 0 Å². The minimum atomic E-state index is -2.95. The van der Waals surface area contributed by atoms with Crippen molar-refractivity contribution in [2.75, 3.05) is 37.7 Å². The Morgan fingerprint density at radius 2 is 1.66 bits per heavy atom. The first kappa shape index (κ1) is 26.1. The number of hydrogen-bond acceptors (Lipinski definition) is 7. The number of hydrogen-bond donors (Lipinski definition) is 1. The predicted octanol–water partition coefficient (Wildman–Crippen LogP) is 5.98. The number of fused-ring (bicyclic) bond motifs is 1. The van der Waals surface area contributed by atoms with Crippen molar-refractivity contribution in [1.82, 2.24) is 4.90 Å². The molecule has 3 aromatic rings. The number of rotatable bonds is 7. The minimum absolute atomic E-state index is 0. The standard InChI is InChI=1S/C26H31NO5S2.ClH/c28-20-4-9-23-24(18-20)33-26(19-10-16-34(29,30)17-11-19)25(23)32-22-7-5-21(6-8-22)31-15-14-27-12-2-1-3-13-27;/h4-9,18-19,28H,1-3,10-17H2;1H. The number of phenolic OH excluding ortho intramolecular Hbond substituents is 1. The van der Waals surface area contributed by atoms with E-state index in [2.05, 4.69) is 4.90 Å². The summed E-state index contributed by atoms with van der Waals surface area (Å²) in [4.78, 5) is 3.51. The number of ether oxygens (including phenoxy) is 2. The number of piperidine rings is 1. The van der Waals surface area contributed by atoms with Gasteiger partial charge in [-0.3, -0.25) is 4.90 Å². The van der Waals surface area contributed by atoms with Gasteiger partial charge in [0.05, 0.1) is 16.4 Å². The molecule has 0 amide bonds. The van der Waals surface area contributed by atoms with Crippen LogP contribution in [-0.4, -0.2) is 56.2 Å². The van der Waals surface area contributed by atoms with Crippen molar-refractivity contribution < 1.29 is 23.0 Å². The Balaban J connectivity index is 0.00000289. The first-order valence-corrected chi connectivity index (χ1v) is 14.7. The van der Waals surface area contributed by atoms with Crippen molar-refractivity contribution in [3.63, 3.8) is 0 Å². The maximum absolute atomic E-state index is 11.9. The van der Waals surface area contributed by atoms with E-state index in [1.165, 1.54) is 19.3 Å². The Morgan fingerprint density at radius 3 is 2.37 bits per heavy atom. The van der Waals surface area contributed by atoms with Crippen LogP contribution in [0.2, 0.25) is 0 Å². The second-order valence-electron chi connectivity index (χ2n) is 9.23. The Labute approximate surface area is 217 Å². The zero-order valence-electron chi connectivity index (χ0n) is 19.6. The molecule has 1 aromatic heterocycles. The fraction of sp³-hybridized carbons (Fsp3) is 0.462. The van der Waals surface area contributed by atoms with Gasteiger partial charge in [-0.15, -0.1) is 23.7 Å². The summed E-state index contributed by atoms with van der Waals surface area (Å²) in [5.74, 6) is 3.06. The van der Waals surface area contributed by atoms with Crippen LogP contribution < -0.4 is 9.47 Å². The van der Waals surface area contributed by atoms with Gasteiger partial charge in [0, 0.05) is 16.6 Å². The number of sulfone groups is 1. The highest BCUT2D eigenvalue weighted by Crippen LogP contribution is 2.47. The van der Waals surface area contributed by atoms with Gasteiger partial charge in [-0.2, -0.15) is 0 Å². The Hall–Kier alpha value is -2.00. The molecule has 2 aromatic carbocycles. The molecule has 0 spiro atoms. The van der Waals surface area contributed by atoms with Crippen LogP contribution in [0.3, 0.4) is 0 Å². The topological polar surface area (TPSA) is 76.1 Å². The van der Waals surface area contributed by atoms with Gasteiger partial charge in [-0.1, -0.05) is 6.42 Å². The van der Waals surface area contributed by atoms with Crippen LogP contribution >= 0.6 is 23.7 Å². The lowest BCUT2D eigenvalue weighted by atomic mass is 9.99. The molecule has 9 heteroatoms. The fourth-order valence-electron chi connectivity index (χ4n) is 4.80. The number of aromatic hydroxyl groups is 1. The molecule has 190 valence electrons. The second-order valence-corrected chi connectivity index (χ2v) is 12.6. The van der Waals surface area contributed by atoms with E-state index < -0.39 is 9.84 Å². The number of thiophene rings is 1. The van der Waals surface area contributed by atoms with Crippen molar-refractivity contribution >= 4 is 43.7 Å². The summed E-state index contributed by atoms with van der Waals surface area (Å²) in [5, 5.41) is 10.9. The number of phenols is 1. The van der Waals surface area contributed by atoms with Crippen LogP contribution in [0, 0.1) is 0 Å². The van der Waals surface area contributed by atoms with E-state index in [1.54, 1.807) is 23.5 Å². The summed E-state index contributed by atoms with van der Waals surface area (Å²) in [6.45, 7) is 3.95. The first-order chi connectivity index (χ1) is 16.5. The fourth-order valence-corrected chi connectivity index (χ4v) is 7.63. The molecule has 2 fully saturated rings. The lowest BCUT2D eigenvalue weighted by Gasteiger charge is -2.26. The van der Waals surface area contributed by atoms with Crippen molar-refractivity contribution in [3.8, 4) is 23.0 Å². The maximum Gasteiger partial charge on any atom is 0.150 e. The number of benzene rings is 2. The summed E-state index contributed by atoms with van der Waals surface area (Å²) in [5.41, 5.74) is 0. The Kier molecular flexibility index (Phi) is 8.47. The van der Waals surface area contributed by atoms with E-state index in [0.717, 1.165) is 46.1 Å². The van der Waals surface area contributed by atoms with Gasteiger partial charge >= 0.3 is 0 Å². The molecule has 6 nitrogen and oxygen atoms in total. The van der Waals surface area contributed by atoms with Crippen molar-refractivity contribution in [2.45, 2.75) is 38.0 Å². The van der Waals surface area contributed by atoms with Crippen molar-refractivity contribution in [1.29, 1.82) is 0 Å². The molecule has 0 saturated carbocycles. The third kappa shape index (κ3) is 6.42. The quantitative estimate of drug-likeness (QED) is 0.399. The molecule has 1 N–H and O–H groups in total. The minimum Gasteiger partial charge on any atom is -0.508 e. The average Bonchev–Trinajstić information content (AvgIpc) is 3.18. The summed E-state index contributed by atoms with van der Waals surface area (Å²) >= 11 is 1.58. The highest BCUT2D eigenvalue weighted by atomic mass is 35.5. The molecule has 0 bridgehead atoms. The SMILES string of the molecule is Cl.O=S1(=O)CCC(c2sc3cc(O)ccc3c2Oc2ccc(OCCN3CCCCC3)cc2)CC1. The maximum atomic E-state index is 11.9. The van der Waals surface area contributed by atoms with Crippen LogP contribution in [0.1, 0.15) is 42.9 Å². The highest BCUT2D eigenvalue weighted by molar-refractivity contribution is 7.91. The van der Waals surface area contributed by atoms with Gasteiger partial charge in [0.2, 0.25) is 0 Å². The summed E-state index contributed by atoms with van der Waals surface area (Å²) in [7, 11) is -2.95. The highest BCUT2D eigenvalue weighted by Gasteiger charge is 2.29. The van der Waals surface area contributed by atoms with Crippen LogP contribution in [-0.2, 0) is 9.84 Å². The molecule has 0 radical (unpaired) electrons. The number of halogens is 1. The van der Waals surface area contributed by atoms with Gasteiger partial charge in [0.1, 0.15) is 39.4 Å². The third-order valence-electron chi connectivity index (χ3n) is 6.75. The van der Waals surface area contributed by atoms with E-state index in [4.69, 9.17) is 9.47 Å². The van der Waals surface area contributed by atoms with E-state index in [-0.39, 0.29) is 35.6 Å². The lowest BCUT2D eigenvalue weighted by Crippen LogP contribution is -2.33. The normalized spacial score (nSPS) is 18.7. The summed E-state index contributed by atoms with van der Waals surface area (Å²) in [6, 6.07) is 13.0. The molecule has 0 aliphatic carbocycles. The van der Waals surface area contributed by atoms with Gasteiger partial charge < -0.3 is 14.6 Å². The summed E-state index contributed by atoms with van der Waals surface area (Å²) in [6.07, 6.45) is 5.09. The largest absolute Gasteiger partial charge is 0.508 e. The van der Waals surface area contributed by atoms with Crippen molar-refractivity contribution in [3.05, 3.63) is 47.3 Å². The molecule has 3 heterocycles. The van der Waals surface area contributed by atoms with Crippen LogP contribution in [0.25, 0.3) is 10.1 Å². The molecular weight excluding hydrogens is 506 g/mol. The number of likely N-dealkylation sites (tertiary alicyclic amines) is 1. The molecule has 2 aliphatic rings. The Bertz CT molecular complexity index is 1220. The molecule has 0 atom stereocenters. The Morgan fingerprint density at radius 1 is 0.971 bits per heavy atom. The zero-order chi connectivity index (χ0) is 23.5. The van der Waals surface area contributed by atoms with E-state index in [0.29, 0.717) is 25.2 Å². The van der Waals surface area contributed by atoms with E-state index in [9.17, 15) is 13.5 Å². The molecule has 0 unspecified atom stereocenters. The second kappa shape index (κ2) is 11.4. The van der Waals surface area contributed by atoms with Gasteiger partial charge in [-0.05, 0) is 87.2 Å². The average molecular weight is 538 g/mol. The van der Waals surface area contributed by atoms with Gasteiger partial charge in [0.25, 0.3) is 0 Å². The molecule has 2 saturated heterocycles. The molecule has 35 heavy (non-hydrogen) atoms. The van der Waals surface area contributed by atoms with E-state index >= 15 is 0 Å². The lowest BCUT2D eigenvalue weighted by molar-refractivity contribution is 0.183. The third-order valence-corrected chi connectivity index (χ3v) is 9.76. The molecule has 5 rings (SSSR count). The van der Waals surface area contributed by atoms with E-state index in [1.807, 2.05) is 30.3 Å². The van der Waals surface area contributed by atoms with Gasteiger partial charge in [0.15, 0.2) is 0 Å². The monoisotopic (exact) mass is 537 g/mol. The first-order valence-electron chi connectivity index (χ1n) is 12.1. The molecule has 2 aliphatic heterocycles. The van der Waals surface area contributed by atoms with Crippen LogP contribution in [0.15, 0.2) is 42.5 Å². The van der Waals surface area contributed by atoms with Crippen LogP contribution in [0.5, 0.6) is 23.0 Å². The zero-order valence-corrected chi connectivity index (χ0v) is 22.1. The number of nitrogens with zero attached hydrogens (tertiary/aromatic N) is 1. The smallest absolute Gasteiger partial charge is 0.150 e. The molecular formula is C26H32ClNO5S2. The van der Waals surface area contributed by atoms with Gasteiger partial charge in [-0.25, -0.2) is 8.42 Å². The summed E-state index contributed by atoms with van der Waals surface area (Å²) < 4.78 is 37.1. The van der Waals surface area contributed by atoms with Crippen LogP contribution in [0.4, 0.5) is 0 Å². The predicted molar refractivity (Wildman–Crippen MR) is 144 cm³/mol.